The fraction of sp³-hybridized carbons (Fsp3) is 0.238. The Labute approximate surface area is 163 Å². The van der Waals surface area contributed by atoms with Crippen LogP contribution in [0.25, 0.3) is 5.57 Å². The molecule has 1 aliphatic rings. The van der Waals surface area contributed by atoms with E-state index in [0.29, 0.717) is 28.5 Å². The molecule has 0 atom stereocenters. The summed E-state index contributed by atoms with van der Waals surface area (Å²) in [6, 6.07) is 12.3. The van der Waals surface area contributed by atoms with Crippen LogP contribution in [0.3, 0.4) is 0 Å². The number of methoxy groups -OCH3 is 3. The molecule has 28 heavy (non-hydrogen) atoms. The van der Waals surface area contributed by atoms with Gasteiger partial charge in [-0.15, -0.1) is 0 Å². The second-order valence-corrected chi connectivity index (χ2v) is 6.00. The quantitative estimate of drug-likeness (QED) is 0.742. The minimum atomic E-state index is -0.386. The van der Waals surface area contributed by atoms with Gasteiger partial charge in [0.15, 0.2) is 11.5 Å². The summed E-state index contributed by atoms with van der Waals surface area (Å²) in [5.41, 5.74) is 1.63. The largest absolute Gasteiger partial charge is 0.496 e. The number of nitrogens with zero attached hydrogens (tertiary/aromatic N) is 1. The topological polar surface area (TPSA) is 77.1 Å². The smallest absolute Gasteiger partial charge is 0.278 e. The zero-order chi connectivity index (χ0) is 20.3. The van der Waals surface area contributed by atoms with Crippen LogP contribution in [-0.4, -0.2) is 44.6 Å². The zero-order valence-electron chi connectivity index (χ0n) is 16.2. The van der Waals surface area contributed by atoms with E-state index in [1.165, 1.54) is 19.1 Å². The van der Waals surface area contributed by atoms with E-state index in [9.17, 15) is 9.59 Å². The number of para-hydroxylation sites is 1. The third-order valence-corrected chi connectivity index (χ3v) is 4.51. The highest BCUT2D eigenvalue weighted by molar-refractivity contribution is 6.37. The number of hydrogen-bond acceptors (Lipinski definition) is 6. The van der Waals surface area contributed by atoms with Gasteiger partial charge in [-0.05, 0) is 25.1 Å². The third kappa shape index (κ3) is 3.26. The number of amides is 2. The second-order valence-electron chi connectivity index (χ2n) is 6.00. The monoisotopic (exact) mass is 382 g/mol. The fourth-order valence-electron chi connectivity index (χ4n) is 3.14. The molecule has 0 unspecified atom stereocenters. The van der Waals surface area contributed by atoms with Gasteiger partial charge >= 0.3 is 0 Å². The van der Waals surface area contributed by atoms with Crippen LogP contribution in [0.5, 0.6) is 17.2 Å². The number of imide groups is 1. The summed E-state index contributed by atoms with van der Waals surface area (Å²) in [6.45, 7) is 2.03. The first-order chi connectivity index (χ1) is 13.5. The Bertz CT molecular complexity index is 952. The Kier molecular flexibility index (Phi) is 5.54. The molecule has 1 heterocycles. The summed E-state index contributed by atoms with van der Waals surface area (Å²) in [5.74, 6) is 0.846. The van der Waals surface area contributed by atoms with Crippen LogP contribution in [0.15, 0.2) is 48.2 Å². The Morgan fingerprint density at radius 2 is 1.54 bits per heavy atom. The van der Waals surface area contributed by atoms with Crippen LogP contribution >= 0.6 is 0 Å². The number of carbonyl (C=O) groups is 2. The highest BCUT2D eigenvalue weighted by atomic mass is 16.5. The van der Waals surface area contributed by atoms with Crippen LogP contribution in [0.1, 0.15) is 12.5 Å². The van der Waals surface area contributed by atoms with Gasteiger partial charge in [0.2, 0.25) is 0 Å². The van der Waals surface area contributed by atoms with Crippen molar-refractivity contribution in [2.75, 3.05) is 33.2 Å². The van der Waals surface area contributed by atoms with Gasteiger partial charge in [0, 0.05) is 23.9 Å². The van der Waals surface area contributed by atoms with Crippen molar-refractivity contribution in [2.24, 2.45) is 0 Å². The number of ether oxygens (including phenoxy) is 3. The molecule has 0 radical (unpaired) electrons. The number of nitrogens with one attached hydrogen (secondary N) is 1. The Morgan fingerprint density at radius 1 is 0.857 bits per heavy atom. The molecule has 2 aromatic carbocycles. The van der Waals surface area contributed by atoms with E-state index >= 15 is 0 Å². The van der Waals surface area contributed by atoms with Crippen LogP contribution in [0, 0.1) is 0 Å². The van der Waals surface area contributed by atoms with Crippen molar-refractivity contribution < 1.29 is 23.8 Å². The molecule has 2 aromatic rings. The van der Waals surface area contributed by atoms with Gasteiger partial charge in [0.05, 0.1) is 26.9 Å². The maximum atomic E-state index is 12.9. The SMILES string of the molecule is CCN1C(=O)C(Nc2ccc(OC)c(OC)c2)=C(c2ccccc2OC)C1=O. The fourth-order valence-corrected chi connectivity index (χ4v) is 3.14. The molecule has 0 saturated heterocycles. The number of rotatable bonds is 7. The number of benzene rings is 2. The minimum Gasteiger partial charge on any atom is -0.496 e. The van der Waals surface area contributed by atoms with Gasteiger partial charge in [0.25, 0.3) is 11.8 Å². The van der Waals surface area contributed by atoms with Crippen molar-refractivity contribution in [1.29, 1.82) is 0 Å². The van der Waals surface area contributed by atoms with Crippen molar-refractivity contribution in [3.05, 3.63) is 53.7 Å². The molecular formula is C21H22N2O5. The molecule has 0 bridgehead atoms. The van der Waals surface area contributed by atoms with E-state index < -0.39 is 0 Å². The van der Waals surface area contributed by atoms with E-state index in [4.69, 9.17) is 14.2 Å². The molecule has 1 aliphatic heterocycles. The molecule has 0 aliphatic carbocycles. The second kappa shape index (κ2) is 8.04. The summed E-state index contributed by atoms with van der Waals surface area (Å²) < 4.78 is 16.0. The van der Waals surface area contributed by atoms with Crippen molar-refractivity contribution in [2.45, 2.75) is 6.92 Å². The molecule has 7 nitrogen and oxygen atoms in total. The predicted molar refractivity (Wildman–Crippen MR) is 105 cm³/mol. The number of hydrogen-bond donors (Lipinski definition) is 1. The maximum absolute atomic E-state index is 12.9. The first kappa shape index (κ1) is 19.3. The lowest BCUT2D eigenvalue weighted by atomic mass is 10.0. The average molecular weight is 382 g/mol. The Morgan fingerprint density at radius 3 is 2.18 bits per heavy atom. The number of carbonyl (C=O) groups excluding carboxylic acids is 2. The zero-order valence-corrected chi connectivity index (χ0v) is 16.2. The van der Waals surface area contributed by atoms with E-state index in [1.807, 2.05) is 6.07 Å². The molecular weight excluding hydrogens is 360 g/mol. The lowest BCUT2D eigenvalue weighted by molar-refractivity contribution is -0.136. The number of likely N-dealkylation sites (N-methyl/N-ethyl adjacent to an activating group) is 1. The van der Waals surface area contributed by atoms with Gasteiger partial charge < -0.3 is 19.5 Å². The predicted octanol–water partition coefficient (Wildman–Crippen LogP) is 2.92. The van der Waals surface area contributed by atoms with Crippen molar-refractivity contribution >= 4 is 23.1 Å². The molecule has 0 aromatic heterocycles. The normalized spacial score (nSPS) is 13.8. The van der Waals surface area contributed by atoms with Crippen molar-refractivity contribution in [3.63, 3.8) is 0 Å². The maximum Gasteiger partial charge on any atom is 0.278 e. The highest BCUT2D eigenvalue weighted by Gasteiger charge is 2.39. The molecule has 1 N–H and O–H groups in total. The first-order valence-electron chi connectivity index (χ1n) is 8.78. The van der Waals surface area contributed by atoms with Gasteiger partial charge in [0.1, 0.15) is 11.4 Å². The van der Waals surface area contributed by atoms with Gasteiger partial charge in [-0.25, -0.2) is 0 Å². The highest BCUT2D eigenvalue weighted by Crippen LogP contribution is 2.36. The standard InChI is InChI=1S/C21H22N2O5/c1-5-23-20(24)18(14-8-6-7-9-15(14)26-2)19(21(23)25)22-13-10-11-16(27-3)17(12-13)28-4/h6-12,22H,5H2,1-4H3. The minimum absolute atomic E-state index is 0.198. The van der Waals surface area contributed by atoms with Crippen molar-refractivity contribution in [3.8, 4) is 17.2 Å². The summed E-state index contributed by atoms with van der Waals surface area (Å²) in [5, 5.41) is 3.09. The lowest BCUT2D eigenvalue weighted by Gasteiger charge is -2.13. The molecule has 0 fully saturated rings. The molecule has 7 heteroatoms. The summed E-state index contributed by atoms with van der Waals surface area (Å²) in [6.07, 6.45) is 0. The van der Waals surface area contributed by atoms with Crippen LogP contribution in [0.4, 0.5) is 5.69 Å². The van der Waals surface area contributed by atoms with E-state index in [0.717, 1.165) is 0 Å². The molecule has 3 rings (SSSR count). The Hall–Kier alpha value is -3.48. The molecule has 0 saturated carbocycles. The summed E-state index contributed by atoms with van der Waals surface area (Å²) in [4.78, 5) is 27.0. The van der Waals surface area contributed by atoms with E-state index in [1.54, 1.807) is 50.4 Å². The van der Waals surface area contributed by atoms with Crippen LogP contribution < -0.4 is 19.5 Å². The molecule has 146 valence electrons. The summed E-state index contributed by atoms with van der Waals surface area (Å²) >= 11 is 0. The van der Waals surface area contributed by atoms with E-state index in [-0.39, 0.29) is 29.6 Å². The van der Waals surface area contributed by atoms with Crippen molar-refractivity contribution in [1.82, 2.24) is 4.90 Å². The molecule has 2 amide bonds. The van der Waals surface area contributed by atoms with Crippen LogP contribution in [0.2, 0.25) is 0 Å². The summed E-state index contributed by atoms with van der Waals surface area (Å²) in [7, 11) is 4.61. The third-order valence-electron chi connectivity index (χ3n) is 4.51. The van der Waals surface area contributed by atoms with Gasteiger partial charge in [-0.3, -0.25) is 14.5 Å². The Balaban J connectivity index is 2.12. The molecule has 0 spiro atoms. The first-order valence-corrected chi connectivity index (χ1v) is 8.78. The van der Waals surface area contributed by atoms with Crippen LogP contribution in [-0.2, 0) is 9.59 Å². The van der Waals surface area contributed by atoms with E-state index in [2.05, 4.69) is 5.32 Å². The number of anilines is 1. The lowest BCUT2D eigenvalue weighted by Crippen LogP contribution is -2.32. The average Bonchev–Trinajstić information content (AvgIpc) is 2.96. The van der Waals surface area contributed by atoms with Gasteiger partial charge in [-0.1, -0.05) is 18.2 Å². The van der Waals surface area contributed by atoms with Gasteiger partial charge in [-0.2, -0.15) is 0 Å².